The molecule has 0 saturated carbocycles. The molecule has 0 fully saturated rings. The van der Waals surface area contributed by atoms with Gasteiger partial charge in [0.05, 0.1) is 11.9 Å². The number of benzene rings is 3. The molecule has 3 aromatic rings. The number of anilines is 1. The SMILES string of the molecule is CNC(=O)[C@H](Cc1ccccc1)N(Cc1ccc(C)cc1)C(=O)CN(c1cccc(C)c1)S(C)(=O)=O. The highest BCUT2D eigenvalue weighted by atomic mass is 32.2. The fourth-order valence-electron chi connectivity index (χ4n) is 4.01. The molecule has 0 aromatic heterocycles. The number of amides is 2. The quantitative estimate of drug-likeness (QED) is 0.455. The predicted molar refractivity (Wildman–Crippen MR) is 143 cm³/mol. The number of nitrogens with zero attached hydrogens (tertiary/aromatic N) is 2. The van der Waals surface area contributed by atoms with Crippen molar-refractivity contribution in [2.24, 2.45) is 0 Å². The van der Waals surface area contributed by atoms with E-state index in [-0.39, 0.29) is 12.5 Å². The summed E-state index contributed by atoms with van der Waals surface area (Å²) in [5, 5.41) is 2.67. The molecule has 190 valence electrons. The Morgan fingerprint density at radius 3 is 2.11 bits per heavy atom. The number of nitrogens with one attached hydrogen (secondary N) is 1. The summed E-state index contributed by atoms with van der Waals surface area (Å²) in [4.78, 5) is 28.4. The van der Waals surface area contributed by atoms with Crippen LogP contribution in [0.4, 0.5) is 5.69 Å². The number of carbonyl (C=O) groups is 2. The van der Waals surface area contributed by atoms with Crippen molar-refractivity contribution in [3.63, 3.8) is 0 Å². The van der Waals surface area contributed by atoms with Crippen molar-refractivity contribution in [1.82, 2.24) is 10.2 Å². The van der Waals surface area contributed by atoms with Crippen LogP contribution in [-0.4, -0.2) is 51.0 Å². The third kappa shape index (κ3) is 7.18. The van der Waals surface area contributed by atoms with Crippen molar-refractivity contribution in [1.29, 1.82) is 0 Å². The Morgan fingerprint density at radius 2 is 1.53 bits per heavy atom. The molecule has 0 aliphatic carbocycles. The van der Waals surface area contributed by atoms with Crippen LogP contribution in [0.3, 0.4) is 0 Å². The van der Waals surface area contributed by atoms with E-state index in [1.807, 2.05) is 74.5 Å². The van der Waals surface area contributed by atoms with Crippen LogP contribution < -0.4 is 9.62 Å². The molecule has 2 amide bonds. The first-order valence-corrected chi connectivity index (χ1v) is 13.6. The zero-order valence-electron chi connectivity index (χ0n) is 21.1. The van der Waals surface area contributed by atoms with Crippen LogP contribution in [0.1, 0.15) is 22.3 Å². The number of carbonyl (C=O) groups excluding carboxylic acids is 2. The van der Waals surface area contributed by atoms with E-state index in [2.05, 4.69) is 5.32 Å². The fourth-order valence-corrected chi connectivity index (χ4v) is 4.85. The molecular weight excluding hydrogens is 474 g/mol. The molecule has 7 nitrogen and oxygen atoms in total. The molecule has 0 aliphatic heterocycles. The van der Waals surface area contributed by atoms with Gasteiger partial charge >= 0.3 is 0 Å². The lowest BCUT2D eigenvalue weighted by molar-refractivity contribution is -0.139. The first-order valence-electron chi connectivity index (χ1n) is 11.7. The maximum atomic E-state index is 13.8. The van der Waals surface area contributed by atoms with Crippen LogP contribution >= 0.6 is 0 Å². The van der Waals surface area contributed by atoms with Crippen LogP contribution in [0.15, 0.2) is 78.9 Å². The number of hydrogen-bond acceptors (Lipinski definition) is 4. The molecule has 1 N–H and O–H groups in total. The molecule has 0 bridgehead atoms. The molecule has 0 heterocycles. The van der Waals surface area contributed by atoms with Gasteiger partial charge in [0, 0.05) is 20.0 Å². The molecule has 36 heavy (non-hydrogen) atoms. The van der Waals surface area contributed by atoms with Gasteiger partial charge < -0.3 is 10.2 Å². The maximum absolute atomic E-state index is 13.8. The van der Waals surface area contributed by atoms with E-state index in [1.54, 1.807) is 18.2 Å². The van der Waals surface area contributed by atoms with Gasteiger partial charge in [-0.15, -0.1) is 0 Å². The van der Waals surface area contributed by atoms with Crippen molar-refractivity contribution in [2.45, 2.75) is 32.9 Å². The summed E-state index contributed by atoms with van der Waals surface area (Å²) >= 11 is 0. The Labute approximate surface area is 213 Å². The van der Waals surface area contributed by atoms with Gasteiger partial charge in [0.1, 0.15) is 12.6 Å². The van der Waals surface area contributed by atoms with Crippen LogP contribution in [0.2, 0.25) is 0 Å². The Morgan fingerprint density at radius 1 is 0.861 bits per heavy atom. The predicted octanol–water partition coefficient (Wildman–Crippen LogP) is 3.46. The van der Waals surface area contributed by atoms with Gasteiger partial charge in [-0.25, -0.2) is 8.42 Å². The summed E-state index contributed by atoms with van der Waals surface area (Å²) in [6, 6.07) is 23.3. The molecule has 3 aromatic carbocycles. The van der Waals surface area contributed by atoms with Gasteiger partial charge in [-0.1, -0.05) is 72.3 Å². The fraction of sp³-hybridized carbons (Fsp3) is 0.286. The lowest BCUT2D eigenvalue weighted by Crippen LogP contribution is -2.52. The van der Waals surface area contributed by atoms with E-state index in [9.17, 15) is 18.0 Å². The number of likely N-dealkylation sites (N-methyl/N-ethyl adjacent to an activating group) is 1. The highest BCUT2D eigenvalue weighted by Gasteiger charge is 2.32. The van der Waals surface area contributed by atoms with Gasteiger partial charge in [0.15, 0.2) is 0 Å². The maximum Gasteiger partial charge on any atom is 0.244 e. The molecule has 0 aliphatic rings. The van der Waals surface area contributed by atoms with Crippen LogP contribution in [0, 0.1) is 13.8 Å². The lowest BCUT2D eigenvalue weighted by atomic mass is 10.0. The summed E-state index contributed by atoms with van der Waals surface area (Å²) in [5.41, 5.74) is 4.09. The van der Waals surface area contributed by atoms with Crippen LogP contribution in [0.5, 0.6) is 0 Å². The average Bonchev–Trinajstić information content (AvgIpc) is 2.85. The summed E-state index contributed by atoms with van der Waals surface area (Å²) in [5.74, 6) is -0.784. The Balaban J connectivity index is 2.01. The molecule has 3 rings (SSSR count). The largest absolute Gasteiger partial charge is 0.357 e. The standard InChI is InChI=1S/C28H33N3O4S/c1-21-13-15-24(16-14-21)19-30(26(28(33)29-3)18-23-10-6-5-7-11-23)27(32)20-31(36(4,34)35)25-12-8-9-22(2)17-25/h5-17,26H,18-20H2,1-4H3,(H,29,33)/t26-/m0/s1. The smallest absolute Gasteiger partial charge is 0.244 e. The van der Waals surface area contributed by atoms with Crippen molar-refractivity contribution in [3.05, 3.63) is 101 Å². The minimum atomic E-state index is -3.77. The molecule has 0 saturated heterocycles. The normalized spacial score (nSPS) is 12.0. The monoisotopic (exact) mass is 507 g/mol. The second-order valence-corrected chi connectivity index (χ2v) is 10.8. The Bertz CT molecular complexity index is 1290. The zero-order chi connectivity index (χ0) is 26.3. The van der Waals surface area contributed by atoms with E-state index in [0.29, 0.717) is 12.1 Å². The summed E-state index contributed by atoms with van der Waals surface area (Å²) in [7, 11) is -2.23. The second kappa shape index (κ2) is 11.9. The van der Waals surface area contributed by atoms with E-state index in [0.717, 1.165) is 32.8 Å². The van der Waals surface area contributed by atoms with Gasteiger partial charge in [-0.3, -0.25) is 13.9 Å². The highest BCUT2D eigenvalue weighted by molar-refractivity contribution is 7.92. The summed E-state index contributed by atoms with van der Waals surface area (Å²) in [6.45, 7) is 3.57. The van der Waals surface area contributed by atoms with Gasteiger partial charge in [0.2, 0.25) is 21.8 Å². The van der Waals surface area contributed by atoms with Crippen molar-refractivity contribution in [2.75, 3.05) is 24.2 Å². The molecule has 0 radical (unpaired) electrons. The second-order valence-electron chi connectivity index (χ2n) is 8.94. The van der Waals surface area contributed by atoms with Crippen molar-refractivity contribution >= 4 is 27.5 Å². The van der Waals surface area contributed by atoms with E-state index >= 15 is 0 Å². The topological polar surface area (TPSA) is 86.8 Å². The highest BCUT2D eigenvalue weighted by Crippen LogP contribution is 2.21. The Kier molecular flexibility index (Phi) is 8.88. The Hall–Kier alpha value is -3.65. The van der Waals surface area contributed by atoms with E-state index in [1.165, 1.54) is 11.9 Å². The van der Waals surface area contributed by atoms with Gasteiger partial charge in [0.25, 0.3) is 0 Å². The number of aryl methyl sites for hydroxylation is 2. The van der Waals surface area contributed by atoms with Crippen LogP contribution in [-0.2, 0) is 32.6 Å². The molecule has 0 unspecified atom stereocenters. The third-order valence-electron chi connectivity index (χ3n) is 5.96. The average molecular weight is 508 g/mol. The number of sulfonamides is 1. The minimum Gasteiger partial charge on any atom is -0.357 e. The zero-order valence-corrected chi connectivity index (χ0v) is 22.0. The summed E-state index contributed by atoms with van der Waals surface area (Å²) in [6.07, 6.45) is 1.37. The third-order valence-corrected chi connectivity index (χ3v) is 7.10. The molecule has 0 spiro atoms. The van der Waals surface area contributed by atoms with E-state index in [4.69, 9.17) is 0 Å². The van der Waals surface area contributed by atoms with E-state index < -0.39 is 28.5 Å². The first-order chi connectivity index (χ1) is 17.1. The summed E-state index contributed by atoms with van der Waals surface area (Å²) < 4.78 is 26.5. The lowest BCUT2D eigenvalue weighted by Gasteiger charge is -2.33. The molecule has 8 heteroatoms. The van der Waals surface area contributed by atoms with Gasteiger partial charge in [-0.05, 0) is 42.7 Å². The minimum absolute atomic E-state index is 0.162. The first kappa shape index (κ1) is 26.9. The molecule has 1 atom stereocenters. The van der Waals surface area contributed by atoms with Crippen molar-refractivity contribution < 1.29 is 18.0 Å². The van der Waals surface area contributed by atoms with Crippen molar-refractivity contribution in [3.8, 4) is 0 Å². The molecular formula is C28H33N3O4S. The van der Waals surface area contributed by atoms with Crippen LogP contribution in [0.25, 0.3) is 0 Å². The number of hydrogen-bond donors (Lipinski definition) is 1. The van der Waals surface area contributed by atoms with Gasteiger partial charge in [-0.2, -0.15) is 0 Å². The number of rotatable bonds is 10.